The summed E-state index contributed by atoms with van der Waals surface area (Å²) < 4.78 is 10.9. The van der Waals surface area contributed by atoms with E-state index in [9.17, 15) is 14.4 Å². The Hall–Kier alpha value is -3.52. The van der Waals surface area contributed by atoms with E-state index in [4.69, 9.17) is 20.8 Å². The molecular weight excluding hydrogens is 458 g/mol. The molecule has 3 aromatic rings. The summed E-state index contributed by atoms with van der Waals surface area (Å²) in [5, 5.41) is 5.27. The number of halogens is 1. The second-order valence-electron chi connectivity index (χ2n) is 8.75. The van der Waals surface area contributed by atoms with E-state index < -0.39 is 17.6 Å². The van der Waals surface area contributed by atoms with E-state index in [0.717, 1.165) is 10.9 Å². The van der Waals surface area contributed by atoms with E-state index in [1.807, 2.05) is 6.92 Å². The van der Waals surface area contributed by atoms with Gasteiger partial charge >= 0.3 is 6.09 Å². The molecule has 8 nitrogen and oxygen atoms in total. The Morgan fingerprint density at radius 2 is 1.74 bits per heavy atom. The first-order valence-electron chi connectivity index (χ1n) is 10.9. The normalized spacial score (nSPS) is 11.2. The zero-order valence-electron chi connectivity index (χ0n) is 19.6. The molecule has 3 rings (SSSR count). The van der Waals surface area contributed by atoms with Crippen LogP contribution in [-0.2, 0) is 11.3 Å². The standard InChI is InChI=1S/C25H28ClN3O5/c1-5-12-29(24(32)34-25(2,3)4)28-22(30)17-8-6-16(7-9-17)15-27-23(31)21-14-18-13-19(26)10-11-20(18)33-21/h6-11,13-14H,5,12,15H2,1-4H3,(H,27,31)(H,28,30). The van der Waals surface area contributed by atoms with Gasteiger partial charge in [0.15, 0.2) is 5.76 Å². The van der Waals surface area contributed by atoms with Crippen molar-refractivity contribution in [3.8, 4) is 0 Å². The van der Waals surface area contributed by atoms with Crippen LogP contribution in [0.2, 0.25) is 5.02 Å². The minimum atomic E-state index is -0.671. The van der Waals surface area contributed by atoms with Crippen LogP contribution in [0.15, 0.2) is 52.9 Å². The lowest BCUT2D eigenvalue weighted by Gasteiger charge is -2.27. The van der Waals surface area contributed by atoms with Crippen LogP contribution in [0.5, 0.6) is 0 Å². The predicted octanol–water partition coefficient (Wildman–Crippen LogP) is 5.31. The van der Waals surface area contributed by atoms with Crippen LogP contribution in [0, 0.1) is 0 Å². The van der Waals surface area contributed by atoms with E-state index in [1.165, 1.54) is 5.01 Å². The smallest absolute Gasteiger partial charge is 0.429 e. The fourth-order valence-electron chi connectivity index (χ4n) is 3.09. The second kappa shape index (κ2) is 10.6. The highest BCUT2D eigenvalue weighted by atomic mass is 35.5. The summed E-state index contributed by atoms with van der Waals surface area (Å²) in [6.07, 6.45) is 0.0334. The third-order valence-corrected chi connectivity index (χ3v) is 4.90. The van der Waals surface area contributed by atoms with Gasteiger partial charge in [-0.3, -0.25) is 15.0 Å². The van der Waals surface area contributed by atoms with E-state index in [1.54, 1.807) is 69.3 Å². The number of hydrazine groups is 1. The molecule has 9 heteroatoms. The van der Waals surface area contributed by atoms with Gasteiger partial charge in [0.1, 0.15) is 11.2 Å². The van der Waals surface area contributed by atoms with Gasteiger partial charge < -0.3 is 14.5 Å². The molecule has 3 amide bonds. The lowest BCUT2D eigenvalue weighted by Crippen LogP contribution is -2.48. The average Bonchev–Trinajstić information content (AvgIpc) is 3.19. The van der Waals surface area contributed by atoms with Crippen LogP contribution in [0.25, 0.3) is 11.0 Å². The van der Waals surface area contributed by atoms with Gasteiger partial charge in [0.2, 0.25) is 0 Å². The molecule has 0 aliphatic heterocycles. The summed E-state index contributed by atoms with van der Waals surface area (Å²) in [5.41, 5.74) is 3.66. The van der Waals surface area contributed by atoms with Crippen LogP contribution in [0.3, 0.4) is 0 Å². The van der Waals surface area contributed by atoms with Gasteiger partial charge in [-0.15, -0.1) is 0 Å². The zero-order valence-corrected chi connectivity index (χ0v) is 20.4. The minimum Gasteiger partial charge on any atom is -0.451 e. The van der Waals surface area contributed by atoms with E-state index in [-0.39, 0.29) is 18.2 Å². The summed E-state index contributed by atoms with van der Waals surface area (Å²) in [4.78, 5) is 37.4. The molecule has 0 aliphatic carbocycles. The quantitative estimate of drug-likeness (QED) is 0.461. The van der Waals surface area contributed by atoms with Crippen molar-refractivity contribution in [2.45, 2.75) is 46.3 Å². The minimum absolute atomic E-state index is 0.187. The number of hydrogen-bond donors (Lipinski definition) is 2. The summed E-state index contributed by atoms with van der Waals surface area (Å²) in [6.45, 7) is 7.75. The zero-order chi connectivity index (χ0) is 24.9. The molecule has 180 valence electrons. The molecule has 2 N–H and O–H groups in total. The highest BCUT2D eigenvalue weighted by molar-refractivity contribution is 6.31. The van der Waals surface area contributed by atoms with Crippen molar-refractivity contribution >= 4 is 40.5 Å². The van der Waals surface area contributed by atoms with Crippen molar-refractivity contribution < 1.29 is 23.5 Å². The highest BCUT2D eigenvalue weighted by Gasteiger charge is 2.23. The molecule has 0 bridgehead atoms. The number of carbonyl (C=O) groups is 3. The molecule has 0 spiro atoms. The Morgan fingerprint density at radius 3 is 2.38 bits per heavy atom. The first kappa shape index (κ1) is 25.1. The number of furan rings is 1. The molecule has 1 aromatic heterocycles. The van der Waals surface area contributed by atoms with Gasteiger partial charge in [-0.1, -0.05) is 30.7 Å². The Kier molecular flexibility index (Phi) is 7.83. The predicted molar refractivity (Wildman–Crippen MR) is 130 cm³/mol. The summed E-state index contributed by atoms with van der Waals surface area (Å²) in [5.74, 6) is -0.607. The Morgan fingerprint density at radius 1 is 1.03 bits per heavy atom. The molecule has 0 radical (unpaired) electrons. The average molecular weight is 486 g/mol. The van der Waals surface area contributed by atoms with Gasteiger partial charge in [-0.2, -0.15) is 0 Å². The fraction of sp³-hybridized carbons (Fsp3) is 0.320. The van der Waals surface area contributed by atoms with Crippen molar-refractivity contribution in [1.82, 2.24) is 15.8 Å². The molecule has 0 saturated carbocycles. The molecule has 2 aromatic carbocycles. The highest BCUT2D eigenvalue weighted by Crippen LogP contribution is 2.23. The van der Waals surface area contributed by atoms with Crippen molar-refractivity contribution in [3.63, 3.8) is 0 Å². The molecule has 0 aliphatic rings. The van der Waals surface area contributed by atoms with Crippen molar-refractivity contribution in [2.24, 2.45) is 0 Å². The van der Waals surface area contributed by atoms with E-state index >= 15 is 0 Å². The Labute approximate surface area is 203 Å². The molecule has 0 atom stereocenters. The fourth-order valence-corrected chi connectivity index (χ4v) is 3.27. The summed E-state index contributed by atoms with van der Waals surface area (Å²) >= 11 is 5.97. The maximum Gasteiger partial charge on any atom is 0.429 e. The number of fused-ring (bicyclic) bond motifs is 1. The van der Waals surface area contributed by atoms with Crippen molar-refractivity contribution in [1.29, 1.82) is 0 Å². The molecule has 0 saturated heterocycles. The number of hydrogen-bond acceptors (Lipinski definition) is 5. The van der Waals surface area contributed by atoms with Crippen molar-refractivity contribution in [2.75, 3.05) is 6.54 Å². The third kappa shape index (κ3) is 6.74. The lowest BCUT2D eigenvalue weighted by molar-refractivity contribution is 0.0133. The second-order valence-corrected chi connectivity index (χ2v) is 9.18. The van der Waals surface area contributed by atoms with Gasteiger partial charge in [-0.05, 0) is 69.2 Å². The maximum atomic E-state index is 12.6. The number of rotatable bonds is 6. The van der Waals surface area contributed by atoms with Gasteiger partial charge in [0.25, 0.3) is 11.8 Å². The Balaban J connectivity index is 1.58. The lowest BCUT2D eigenvalue weighted by atomic mass is 10.1. The number of nitrogens with one attached hydrogen (secondary N) is 2. The van der Waals surface area contributed by atoms with Crippen molar-refractivity contribution in [3.05, 3.63) is 70.4 Å². The largest absolute Gasteiger partial charge is 0.451 e. The Bertz CT molecular complexity index is 1180. The summed E-state index contributed by atoms with van der Waals surface area (Å²) in [6, 6.07) is 13.5. The van der Waals surface area contributed by atoms with Crippen LogP contribution in [0.1, 0.15) is 60.6 Å². The molecule has 34 heavy (non-hydrogen) atoms. The number of ether oxygens (including phenoxy) is 1. The topological polar surface area (TPSA) is 101 Å². The van der Waals surface area contributed by atoms with Gasteiger partial charge in [0, 0.05) is 29.1 Å². The first-order valence-corrected chi connectivity index (χ1v) is 11.3. The van der Waals surface area contributed by atoms with Crippen LogP contribution in [0.4, 0.5) is 4.79 Å². The number of nitrogens with zero attached hydrogens (tertiary/aromatic N) is 1. The molecule has 1 heterocycles. The van der Waals surface area contributed by atoms with Crippen LogP contribution >= 0.6 is 11.6 Å². The number of amides is 3. The molecular formula is C25H28ClN3O5. The van der Waals surface area contributed by atoms with Crippen LogP contribution in [-0.4, -0.2) is 35.1 Å². The number of carbonyl (C=O) groups excluding carboxylic acids is 3. The van der Waals surface area contributed by atoms with Crippen LogP contribution < -0.4 is 10.7 Å². The molecule has 0 unspecified atom stereocenters. The maximum absolute atomic E-state index is 12.6. The van der Waals surface area contributed by atoms with Gasteiger partial charge in [-0.25, -0.2) is 9.80 Å². The third-order valence-electron chi connectivity index (χ3n) is 4.67. The van der Waals surface area contributed by atoms with E-state index in [2.05, 4.69) is 10.7 Å². The number of benzene rings is 2. The van der Waals surface area contributed by atoms with Gasteiger partial charge in [0.05, 0.1) is 0 Å². The molecule has 0 fully saturated rings. The first-order chi connectivity index (χ1) is 16.1. The van der Waals surface area contributed by atoms with E-state index in [0.29, 0.717) is 29.1 Å². The summed E-state index contributed by atoms with van der Waals surface area (Å²) in [7, 11) is 0. The monoisotopic (exact) mass is 485 g/mol. The SMILES string of the molecule is CCCN(NC(=O)c1ccc(CNC(=O)c2cc3cc(Cl)ccc3o2)cc1)C(=O)OC(C)(C)C.